The second-order valence-corrected chi connectivity index (χ2v) is 7.44. The van der Waals surface area contributed by atoms with E-state index >= 15 is 0 Å². The lowest BCUT2D eigenvalue weighted by Gasteiger charge is -2.19. The van der Waals surface area contributed by atoms with Crippen LogP contribution in [0.4, 0.5) is 0 Å². The fourth-order valence-electron chi connectivity index (χ4n) is 4.07. The van der Waals surface area contributed by atoms with Gasteiger partial charge in [-0.05, 0) is 45.0 Å². The zero-order valence-electron chi connectivity index (χ0n) is 15.7. The molecule has 0 amide bonds. The SMILES string of the molecule is C#Cc1c(-c2ccccc2)c(-c2ccccc2)c2cc3ccccc3cc2c1Cl. The van der Waals surface area contributed by atoms with Gasteiger partial charge >= 0.3 is 0 Å². The second kappa shape index (κ2) is 7.13. The average molecular weight is 389 g/mol. The third-order valence-electron chi connectivity index (χ3n) is 5.38. The van der Waals surface area contributed by atoms with Crippen molar-refractivity contribution in [2.45, 2.75) is 0 Å². The lowest BCUT2D eigenvalue weighted by atomic mass is 9.85. The molecule has 1 heteroatoms. The van der Waals surface area contributed by atoms with Crippen LogP contribution in [-0.4, -0.2) is 0 Å². The first-order chi connectivity index (χ1) is 14.3. The normalized spacial score (nSPS) is 10.9. The molecule has 0 nitrogen and oxygen atoms in total. The third-order valence-corrected chi connectivity index (χ3v) is 5.77. The fourth-order valence-corrected chi connectivity index (χ4v) is 4.37. The molecule has 0 atom stereocenters. The Labute approximate surface area is 175 Å². The highest BCUT2D eigenvalue weighted by Crippen LogP contribution is 2.45. The van der Waals surface area contributed by atoms with Crippen LogP contribution in [0.1, 0.15) is 5.56 Å². The van der Waals surface area contributed by atoms with Crippen LogP contribution in [0.25, 0.3) is 43.8 Å². The average Bonchev–Trinajstić information content (AvgIpc) is 2.79. The van der Waals surface area contributed by atoms with Gasteiger partial charge in [0.1, 0.15) is 0 Å². The molecule has 0 heterocycles. The Morgan fingerprint density at radius 2 is 1.07 bits per heavy atom. The Bertz CT molecular complexity index is 1390. The molecule has 0 aliphatic carbocycles. The number of hydrogen-bond acceptors (Lipinski definition) is 0. The van der Waals surface area contributed by atoms with Crippen LogP contribution in [0.3, 0.4) is 0 Å². The van der Waals surface area contributed by atoms with E-state index in [1.54, 1.807) is 0 Å². The first kappa shape index (κ1) is 17.6. The summed E-state index contributed by atoms with van der Waals surface area (Å²) in [6.45, 7) is 0. The Kier molecular flexibility index (Phi) is 4.32. The van der Waals surface area contributed by atoms with E-state index in [4.69, 9.17) is 18.0 Å². The smallest absolute Gasteiger partial charge is 0.0647 e. The molecule has 0 spiro atoms. The molecule has 136 valence electrons. The maximum absolute atomic E-state index is 6.91. The minimum absolute atomic E-state index is 0.631. The van der Waals surface area contributed by atoms with Gasteiger partial charge in [-0.15, -0.1) is 6.42 Å². The van der Waals surface area contributed by atoms with Crippen molar-refractivity contribution < 1.29 is 0 Å². The summed E-state index contributed by atoms with van der Waals surface area (Å²) in [4.78, 5) is 0. The number of hydrogen-bond donors (Lipinski definition) is 0. The van der Waals surface area contributed by atoms with Gasteiger partial charge in [0.25, 0.3) is 0 Å². The standard InChI is InChI=1S/C28H17Cl/c1-2-23-26(19-11-5-3-6-12-19)27(20-13-7-4-8-14-20)24-17-21-15-9-10-16-22(21)18-25(24)28(23)29/h1,3-18H. The van der Waals surface area contributed by atoms with Gasteiger partial charge in [-0.1, -0.05) is 102 Å². The van der Waals surface area contributed by atoms with Crippen molar-refractivity contribution >= 4 is 33.1 Å². The molecule has 5 aromatic carbocycles. The summed E-state index contributed by atoms with van der Waals surface area (Å²) in [6.07, 6.45) is 6.01. The third kappa shape index (κ3) is 2.88. The molecule has 0 aliphatic heterocycles. The van der Waals surface area contributed by atoms with Gasteiger partial charge in [-0.3, -0.25) is 0 Å². The van der Waals surface area contributed by atoms with Crippen LogP contribution in [0.15, 0.2) is 97.1 Å². The highest BCUT2D eigenvalue weighted by Gasteiger charge is 2.20. The Hall–Kier alpha value is -3.53. The maximum Gasteiger partial charge on any atom is 0.0647 e. The van der Waals surface area contributed by atoms with Gasteiger partial charge in [0.05, 0.1) is 10.6 Å². The van der Waals surface area contributed by atoms with Crippen LogP contribution in [0, 0.1) is 12.3 Å². The monoisotopic (exact) mass is 388 g/mol. The fraction of sp³-hybridized carbons (Fsp3) is 0. The van der Waals surface area contributed by atoms with Crippen molar-refractivity contribution in [1.82, 2.24) is 0 Å². The molecule has 0 radical (unpaired) electrons. The summed E-state index contributed by atoms with van der Waals surface area (Å²) < 4.78 is 0. The first-order valence-electron chi connectivity index (χ1n) is 9.53. The molecule has 0 bridgehead atoms. The van der Waals surface area contributed by atoms with E-state index in [1.165, 1.54) is 5.39 Å². The molecule has 0 saturated heterocycles. The van der Waals surface area contributed by atoms with E-state index in [-0.39, 0.29) is 0 Å². The van der Waals surface area contributed by atoms with E-state index in [0.29, 0.717) is 5.02 Å². The van der Waals surface area contributed by atoms with E-state index in [9.17, 15) is 0 Å². The summed E-state index contributed by atoms with van der Waals surface area (Å²) in [5.74, 6) is 2.88. The van der Waals surface area contributed by atoms with Crippen LogP contribution in [0.5, 0.6) is 0 Å². The topological polar surface area (TPSA) is 0 Å². The molecule has 0 aromatic heterocycles. The molecule has 0 fully saturated rings. The Balaban J connectivity index is 2.04. The minimum atomic E-state index is 0.631. The number of rotatable bonds is 2. The van der Waals surface area contributed by atoms with Crippen LogP contribution in [0.2, 0.25) is 5.02 Å². The Morgan fingerprint density at radius 3 is 1.62 bits per heavy atom. The van der Waals surface area contributed by atoms with Crippen LogP contribution < -0.4 is 0 Å². The van der Waals surface area contributed by atoms with Gasteiger partial charge in [0.2, 0.25) is 0 Å². The molecule has 29 heavy (non-hydrogen) atoms. The van der Waals surface area contributed by atoms with Crippen molar-refractivity contribution in [3.05, 3.63) is 108 Å². The van der Waals surface area contributed by atoms with E-state index < -0.39 is 0 Å². The molecule has 0 N–H and O–H groups in total. The molecule has 5 aromatic rings. The van der Waals surface area contributed by atoms with E-state index in [2.05, 4.69) is 72.7 Å². The minimum Gasteiger partial charge on any atom is -0.115 e. The predicted octanol–water partition coefficient (Wildman–Crippen LogP) is 7.96. The molecule has 0 saturated carbocycles. The summed E-state index contributed by atoms with van der Waals surface area (Å²) in [5, 5.41) is 5.05. The summed E-state index contributed by atoms with van der Waals surface area (Å²) in [7, 11) is 0. The maximum atomic E-state index is 6.91. The number of benzene rings is 5. The van der Waals surface area contributed by atoms with Crippen molar-refractivity contribution in [1.29, 1.82) is 0 Å². The Morgan fingerprint density at radius 1 is 0.586 bits per heavy atom. The van der Waals surface area contributed by atoms with E-state index in [1.807, 2.05) is 30.3 Å². The van der Waals surface area contributed by atoms with Gasteiger partial charge in [-0.2, -0.15) is 0 Å². The first-order valence-corrected chi connectivity index (χ1v) is 9.91. The molecular weight excluding hydrogens is 372 g/mol. The van der Waals surface area contributed by atoms with Crippen LogP contribution >= 0.6 is 11.6 Å². The summed E-state index contributed by atoms with van der Waals surface area (Å²) in [6, 6.07) is 33.4. The molecule has 5 rings (SSSR count). The van der Waals surface area contributed by atoms with Crippen molar-refractivity contribution in [3.8, 4) is 34.6 Å². The van der Waals surface area contributed by atoms with Crippen molar-refractivity contribution in [2.75, 3.05) is 0 Å². The number of halogens is 1. The predicted molar refractivity (Wildman–Crippen MR) is 125 cm³/mol. The molecule has 0 aliphatic rings. The van der Waals surface area contributed by atoms with Crippen molar-refractivity contribution in [3.63, 3.8) is 0 Å². The molecular formula is C28H17Cl. The van der Waals surface area contributed by atoms with Gasteiger partial charge < -0.3 is 0 Å². The highest BCUT2D eigenvalue weighted by molar-refractivity contribution is 6.39. The van der Waals surface area contributed by atoms with Gasteiger partial charge in [0, 0.05) is 10.9 Å². The number of terminal acetylenes is 1. The number of fused-ring (bicyclic) bond motifs is 2. The lowest BCUT2D eigenvalue weighted by Crippen LogP contribution is -1.95. The van der Waals surface area contributed by atoms with E-state index in [0.717, 1.165) is 44.0 Å². The van der Waals surface area contributed by atoms with Gasteiger partial charge in [0.15, 0.2) is 0 Å². The second-order valence-electron chi connectivity index (χ2n) is 7.06. The highest BCUT2D eigenvalue weighted by atomic mass is 35.5. The quantitative estimate of drug-likeness (QED) is 0.212. The largest absolute Gasteiger partial charge is 0.115 e. The summed E-state index contributed by atoms with van der Waals surface area (Å²) >= 11 is 6.91. The lowest BCUT2D eigenvalue weighted by molar-refractivity contribution is 1.59. The molecule has 0 unspecified atom stereocenters. The van der Waals surface area contributed by atoms with Gasteiger partial charge in [-0.25, -0.2) is 0 Å². The van der Waals surface area contributed by atoms with Crippen molar-refractivity contribution in [2.24, 2.45) is 0 Å². The summed E-state index contributed by atoms with van der Waals surface area (Å²) in [5.41, 5.74) is 5.05. The van der Waals surface area contributed by atoms with Crippen LogP contribution in [-0.2, 0) is 0 Å². The zero-order chi connectivity index (χ0) is 19.8. The zero-order valence-corrected chi connectivity index (χ0v) is 16.4.